The van der Waals surface area contributed by atoms with Crippen molar-refractivity contribution in [3.8, 4) is 0 Å². The third-order valence-electron chi connectivity index (χ3n) is 3.10. The molecule has 0 amide bonds. The zero-order chi connectivity index (χ0) is 10.9. The predicted molar refractivity (Wildman–Crippen MR) is 70.8 cm³/mol. The van der Waals surface area contributed by atoms with E-state index < -0.39 is 5.54 Å². The summed E-state index contributed by atoms with van der Waals surface area (Å²) in [5.74, 6) is 0.301. The Labute approximate surface area is 111 Å². The van der Waals surface area contributed by atoms with E-state index in [-0.39, 0.29) is 12.4 Å². The van der Waals surface area contributed by atoms with Crippen molar-refractivity contribution in [3.05, 3.63) is 21.3 Å². The molecule has 0 spiro atoms. The van der Waals surface area contributed by atoms with Gasteiger partial charge in [-0.2, -0.15) is 0 Å². The van der Waals surface area contributed by atoms with Gasteiger partial charge in [-0.25, -0.2) is 0 Å². The quantitative estimate of drug-likeness (QED) is 0.899. The van der Waals surface area contributed by atoms with Crippen molar-refractivity contribution in [2.45, 2.75) is 31.2 Å². The number of rotatable bonds is 2. The monoisotopic (exact) mass is 279 g/mol. The topological polar surface area (TPSA) is 29.1 Å². The van der Waals surface area contributed by atoms with Gasteiger partial charge >= 0.3 is 0 Å². The van der Waals surface area contributed by atoms with Crippen molar-refractivity contribution >= 4 is 41.1 Å². The molecule has 1 saturated carbocycles. The van der Waals surface area contributed by atoms with Crippen molar-refractivity contribution < 1.29 is 4.79 Å². The van der Waals surface area contributed by atoms with Crippen LogP contribution in [-0.2, 0) is 10.3 Å². The Hall–Kier alpha value is -0.0900. The molecule has 5 heteroatoms. The predicted octanol–water partition coefficient (Wildman–Crippen LogP) is 3.38. The van der Waals surface area contributed by atoms with Gasteiger partial charge in [0, 0.05) is 11.3 Å². The first-order chi connectivity index (χ1) is 7.19. The lowest BCUT2D eigenvalue weighted by molar-refractivity contribution is -0.127. The van der Waals surface area contributed by atoms with E-state index >= 15 is 0 Å². The summed E-state index contributed by atoms with van der Waals surface area (Å²) >= 11 is 7.43. The summed E-state index contributed by atoms with van der Waals surface area (Å²) in [5.41, 5.74) is -0.462. The minimum absolute atomic E-state index is 0. The standard InChI is InChI=1S/C11H14ClNOS.ClH/c1-13-11(7-3-2-4-8(11)14)9-5-6-10(12)15-9;/h5-6,13H,2-4,7H2,1H3;1H. The van der Waals surface area contributed by atoms with Gasteiger partial charge < -0.3 is 5.32 Å². The highest BCUT2D eigenvalue weighted by Crippen LogP contribution is 2.38. The van der Waals surface area contributed by atoms with Gasteiger partial charge in [-0.3, -0.25) is 4.79 Å². The average molecular weight is 280 g/mol. The van der Waals surface area contributed by atoms with Crippen LogP contribution in [0.2, 0.25) is 4.34 Å². The van der Waals surface area contributed by atoms with Gasteiger partial charge in [0.2, 0.25) is 0 Å². The first-order valence-electron chi connectivity index (χ1n) is 5.17. The van der Waals surface area contributed by atoms with E-state index in [0.717, 1.165) is 28.5 Å². The van der Waals surface area contributed by atoms with Crippen LogP contribution in [0.1, 0.15) is 30.6 Å². The molecule has 1 aliphatic rings. The number of halogens is 2. The van der Waals surface area contributed by atoms with Crippen LogP contribution in [0.15, 0.2) is 12.1 Å². The Kier molecular flexibility index (Phi) is 4.80. The number of nitrogens with one attached hydrogen (secondary N) is 1. The van der Waals surface area contributed by atoms with Gasteiger partial charge in [0.25, 0.3) is 0 Å². The molecule has 0 radical (unpaired) electrons. The van der Waals surface area contributed by atoms with E-state index in [0.29, 0.717) is 12.2 Å². The summed E-state index contributed by atoms with van der Waals surface area (Å²) in [6.07, 6.45) is 3.68. The van der Waals surface area contributed by atoms with Crippen LogP contribution in [0.25, 0.3) is 0 Å². The summed E-state index contributed by atoms with van der Waals surface area (Å²) in [7, 11) is 1.86. The summed E-state index contributed by atoms with van der Waals surface area (Å²) in [4.78, 5) is 13.1. The van der Waals surface area contributed by atoms with Gasteiger partial charge in [0.1, 0.15) is 5.54 Å². The van der Waals surface area contributed by atoms with Gasteiger partial charge in [-0.1, -0.05) is 18.0 Å². The van der Waals surface area contributed by atoms with Crippen LogP contribution in [0.5, 0.6) is 0 Å². The molecular weight excluding hydrogens is 265 g/mol. The number of hydrogen-bond donors (Lipinski definition) is 1. The molecule has 0 bridgehead atoms. The lowest BCUT2D eigenvalue weighted by Crippen LogP contribution is -2.48. The highest BCUT2D eigenvalue weighted by Gasteiger charge is 2.40. The molecule has 90 valence electrons. The van der Waals surface area contributed by atoms with E-state index in [4.69, 9.17) is 11.6 Å². The smallest absolute Gasteiger partial charge is 0.158 e. The number of Topliss-reactive ketones (excluding diaryl/α,β-unsaturated/α-hetero) is 1. The number of hydrogen-bond acceptors (Lipinski definition) is 3. The maximum absolute atomic E-state index is 12.1. The van der Waals surface area contributed by atoms with Crippen molar-refractivity contribution in [1.29, 1.82) is 0 Å². The van der Waals surface area contributed by atoms with Crippen LogP contribution >= 0.6 is 35.3 Å². The van der Waals surface area contributed by atoms with Crippen molar-refractivity contribution in [2.24, 2.45) is 0 Å². The lowest BCUT2D eigenvalue weighted by Gasteiger charge is -2.34. The fourth-order valence-electron chi connectivity index (χ4n) is 2.22. The molecule has 16 heavy (non-hydrogen) atoms. The van der Waals surface area contributed by atoms with E-state index in [1.165, 1.54) is 11.3 Å². The number of likely N-dealkylation sites (N-methyl/N-ethyl adjacent to an activating group) is 1. The molecule has 1 aromatic heterocycles. The highest BCUT2D eigenvalue weighted by atomic mass is 35.5. The van der Waals surface area contributed by atoms with Gasteiger partial charge in [-0.15, -0.1) is 23.7 Å². The van der Waals surface area contributed by atoms with Gasteiger partial charge in [0.15, 0.2) is 5.78 Å². The molecule has 0 saturated heterocycles. The summed E-state index contributed by atoms with van der Waals surface area (Å²) in [5, 5.41) is 3.20. The Bertz CT molecular complexity index is 380. The largest absolute Gasteiger partial charge is 0.304 e. The zero-order valence-electron chi connectivity index (χ0n) is 9.09. The van der Waals surface area contributed by atoms with Crippen LogP contribution in [0.4, 0.5) is 0 Å². The second-order valence-electron chi connectivity index (χ2n) is 3.89. The SMILES string of the molecule is CNC1(c2ccc(Cl)s2)CCCCC1=O.Cl. The van der Waals surface area contributed by atoms with E-state index in [1.54, 1.807) is 0 Å². The van der Waals surface area contributed by atoms with Crippen molar-refractivity contribution in [1.82, 2.24) is 5.32 Å². The second-order valence-corrected chi connectivity index (χ2v) is 5.60. The highest BCUT2D eigenvalue weighted by molar-refractivity contribution is 7.16. The maximum Gasteiger partial charge on any atom is 0.158 e. The van der Waals surface area contributed by atoms with Gasteiger partial charge in [0.05, 0.1) is 4.34 Å². The van der Waals surface area contributed by atoms with Gasteiger partial charge in [-0.05, 0) is 32.0 Å². The van der Waals surface area contributed by atoms with E-state index in [1.807, 2.05) is 19.2 Å². The molecule has 1 aromatic rings. The van der Waals surface area contributed by atoms with E-state index in [2.05, 4.69) is 5.32 Å². The molecule has 0 aromatic carbocycles. The first kappa shape index (κ1) is 14.0. The molecule has 1 heterocycles. The number of ketones is 1. The van der Waals surface area contributed by atoms with Crippen LogP contribution in [0.3, 0.4) is 0 Å². The molecule has 2 nitrogen and oxygen atoms in total. The fourth-order valence-corrected chi connectivity index (χ4v) is 3.51. The third-order valence-corrected chi connectivity index (χ3v) is 4.50. The number of carbonyl (C=O) groups excluding carboxylic acids is 1. The van der Waals surface area contributed by atoms with Crippen LogP contribution in [-0.4, -0.2) is 12.8 Å². The number of carbonyl (C=O) groups is 1. The number of thiophene rings is 1. The minimum atomic E-state index is -0.462. The van der Waals surface area contributed by atoms with E-state index in [9.17, 15) is 4.79 Å². The Morgan fingerprint density at radius 1 is 1.44 bits per heavy atom. The average Bonchev–Trinajstić information content (AvgIpc) is 2.66. The molecule has 1 fully saturated rings. The fraction of sp³-hybridized carbons (Fsp3) is 0.545. The Balaban J connectivity index is 0.00000128. The first-order valence-corrected chi connectivity index (χ1v) is 6.36. The molecule has 2 rings (SSSR count). The van der Waals surface area contributed by atoms with Crippen LogP contribution in [0, 0.1) is 0 Å². The molecule has 1 unspecified atom stereocenters. The van der Waals surface area contributed by atoms with Crippen molar-refractivity contribution in [3.63, 3.8) is 0 Å². The second kappa shape index (κ2) is 5.50. The summed E-state index contributed by atoms with van der Waals surface area (Å²) in [6, 6.07) is 3.83. The Morgan fingerprint density at radius 2 is 2.19 bits per heavy atom. The summed E-state index contributed by atoms with van der Waals surface area (Å²) < 4.78 is 0.748. The normalized spacial score (nSPS) is 25.2. The molecule has 0 aliphatic heterocycles. The summed E-state index contributed by atoms with van der Waals surface area (Å²) in [6.45, 7) is 0. The zero-order valence-corrected chi connectivity index (χ0v) is 11.5. The third kappa shape index (κ3) is 2.28. The lowest BCUT2D eigenvalue weighted by atomic mass is 9.79. The minimum Gasteiger partial charge on any atom is -0.304 e. The van der Waals surface area contributed by atoms with Crippen molar-refractivity contribution in [2.75, 3.05) is 7.05 Å². The molecule has 1 atom stereocenters. The maximum atomic E-state index is 12.1. The Morgan fingerprint density at radius 3 is 2.69 bits per heavy atom. The van der Waals surface area contributed by atoms with Crippen LogP contribution < -0.4 is 5.32 Å². The molecule has 1 aliphatic carbocycles. The molecule has 1 N–H and O–H groups in total. The molecular formula is C11H15Cl2NOS.